The van der Waals surface area contributed by atoms with E-state index in [0.717, 1.165) is 18.7 Å². The third-order valence-electron chi connectivity index (χ3n) is 2.71. The molecule has 0 aliphatic rings. The molecule has 0 radical (unpaired) electrons. The second kappa shape index (κ2) is 5.91. The quantitative estimate of drug-likeness (QED) is 0.854. The normalized spacial score (nSPS) is 10.6. The highest BCUT2D eigenvalue weighted by Gasteiger charge is 2.02. The first-order chi connectivity index (χ1) is 8.69. The van der Waals surface area contributed by atoms with Gasteiger partial charge in [0.1, 0.15) is 5.82 Å². The summed E-state index contributed by atoms with van der Waals surface area (Å²) >= 11 is 5.94. The molecule has 2 rings (SSSR count). The van der Waals surface area contributed by atoms with Gasteiger partial charge in [-0.2, -0.15) is 0 Å². The molecule has 1 aromatic heterocycles. The van der Waals surface area contributed by atoms with E-state index in [1.54, 1.807) is 6.07 Å². The van der Waals surface area contributed by atoms with Gasteiger partial charge >= 0.3 is 0 Å². The second-order valence-corrected chi connectivity index (χ2v) is 4.64. The first kappa shape index (κ1) is 13.0. The van der Waals surface area contributed by atoms with E-state index in [1.165, 1.54) is 17.7 Å². The fourth-order valence-corrected chi connectivity index (χ4v) is 2.06. The smallest absolute Gasteiger partial charge is 0.124 e. The first-order valence-corrected chi connectivity index (χ1v) is 6.40. The van der Waals surface area contributed by atoms with Crippen molar-refractivity contribution in [1.82, 2.24) is 4.57 Å². The summed E-state index contributed by atoms with van der Waals surface area (Å²) in [6, 6.07) is 6.43. The zero-order valence-electron chi connectivity index (χ0n) is 10.3. The number of halogens is 2. The number of nitrogens with one attached hydrogen (secondary N) is 1. The minimum atomic E-state index is -0.320. The van der Waals surface area contributed by atoms with Gasteiger partial charge in [-0.3, -0.25) is 0 Å². The molecule has 1 aromatic carbocycles. The van der Waals surface area contributed by atoms with Crippen LogP contribution in [0.1, 0.15) is 18.9 Å². The lowest BCUT2D eigenvalue weighted by Gasteiger charge is -2.07. The van der Waals surface area contributed by atoms with Crippen LogP contribution in [0, 0.1) is 5.82 Å². The van der Waals surface area contributed by atoms with Crippen molar-refractivity contribution in [1.29, 1.82) is 0 Å². The van der Waals surface area contributed by atoms with Gasteiger partial charge in [0.2, 0.25) is 0 Å². The lowest BCUT2D eigenvalue weighted by molar-refractivity contribution is 0.628. The summed E-state index contributed by atoms with van der Waals surface area (Å²) in [5.41, 5.74) is 1.94. The molecule has 96 valence electrons. The van der Waals surface area contributed by atoms with Gasteiger partial charge in [0.25, 0.3) is 0 Å². The van der Waals surface area contributed by atoms with Crippen molar-refractivity contribution in [3.63, 3.8) is 0 Å². The average molecular weight is 267 g/mol. The maximum atomic E-state index is 12.9. The Hall–Kier alpha value is -1.48. The van der Waals surface area contributed by atoms with Crippen molar-refractivity contribution in [3.05, 3.63) is 53.1 Å². The predicted octanol–water partition coefficient (Wildman–Crippen LogP) is 4.30. The maximum Gasteiger partial charge on any atom is 0.124 e. The van der Waals surface area contributed by atoms with Crippen molar-refractivity contribution in [3.8, 4) is 0 Å². The fraction of sp³-hybridized carbons (Fsp3) is 0.286. The summed E-state index contributed by atoms with van der Waals surface area (Å²) in [7, 11) is 0. The molecule has 0 saturated carbocycles. The molecule has 0 unspecified atom stereocenters. The predicted molar refractivity (Wildman–Crippen MR) is 73.5 cm³/mol. The Labute approximate surface area is 111 Å². The number of rotatable bonds is 5. The summed E-state index contributed by atoms with van der Waals surface area (Å²) in [4.78, 5) is 0. The fourth-order valence-electron chi connectivity index (χ4n) is 1.82. The maximum absolute atomic E-state index is 12.9. The van der Waals surface area contributed by atoms with Crippen LogP contribution in [0.3, 0.4) is 0 Å². The summed E-state index contributed by atoms with van der Waals surface area (Å²) in [5, 5.41) is 3.61. The van der Waals surface area contributed by atoms with Crippen molar-refractivity contribution in [2.75, 3.05) is 5.32 Å². The molecule has 4 heteroatoms. The van der Waals surface area contributed by atoms with Gasteiger partial charge in [-0.1, -0.05) is 18.5 Å². The van der Waals surface area contributed by atoms with Crippen LogP contribution in [-0.4, -0.2) is 4.57 Å². The SMILES string of the molecule is CCCn1ccc(CNc2ccc(F)cc2Cl)c1. The monoisotopic (exact) mass is 266 g/mol. The van der Waals surface area contributed by atoms with Crippen LogP contribution >= 0.6 is 11.6 Å². The Morgan fingerprint density at radius 3 is 2.89 bits per heavy atom. The molecule has 0 atom stereocenters. The lowest BCUT2D eigenvalue weighted by atomic mass is 10.3. The molecular formula is C14H16ClFN2. The molecule has 0 aliphatic heterocycles. The number of anilines is 1. The molecular weight excluding hydrogens is 251 g/mol. The molecule has 0 fully saturated rings. The molecule has 0 spiro atoms. The second-order valence-electron chi connectivity index (χ2n) is 4.24. The number of aromatic nitrogens is 1. The minimum Gasteiger partial charge on any atom is -0.380 e. The third-order valence-corrected chi connectivity index (χ3v) is 3.02. The van der Waals surface area contributed by atoms with E-state index in [0.29, 0.717) is 11.6 Å². The summed E-state index contributed by atoms with van der Waals surface area (Å²) in [6.07, 6.45) is 5.28. The van der Waals surface area contributed by atoms with Gasteiger partial charge in [0, 0.05) is 25.5 Å². The van der Waals surface area contributed by atoms with Crippen molar-refractivity contribution < 1.29 is 4.39 Å². The number of benzene rings is 1. The zero-order valence-corrected chi connectivity index (χ0v) is 11.0. The van der Waals surface area contributed by atoms with Crippen LogP contribution in [-0.2, 0) is 13.1 Å². The highest BCUT2D eigenvalue weighted by molar-refractivity contribution is 6.33. The molecule has 2 nitrogen and oxygen atoms in total. The number of aryl methyl sites for hydroxylation is 1. The number of hydrogen-bond donors (Lipinski definition) is 1. The van der Waals surface area contributed by atoms with Crippen molar-refractivity contribution in [2.24, 2.45) is 0 Å². The van der Waals surface area contributed by atoms with Crippen LogP contribution in [0.2, 0.25) is 5.02 Å². The van der Waals surface area contributed by atoms with E-state index in [1.807, 2.05) is 0 Å². The first-order valence-electron chi connectivity index (χ1n) is 6.02. The van der Waals surface area contributed by atoms with Gasteiger partial charge < -0.3 is 9.88 Å². The summed E-state index contributed by atoms with van der Waals surface area (Å²) in [5.74, 6) is -0.320. The van der Waals surface area contributed by atoms with E-state index in [2.05, 4.69) is 35.3 Å². The molecule has 18 heavy (non-hydrogen) atoms. The van der Waals surface area contributed by atoms with Gasteiger partial charge in [0.15, 0.2) is 0 Å². The van der Waals surface area contributed by atoms with Crippen molar-refractivity contribution >= 4 is 17.3 Å². The lowest BCUT2D eigenvalue weighted by Crippen LogP contribution is -1.99. The Morgan fingerprint density at radius 2 is 2.17 bits per heavy atom. The Balaban J connectivity index is 1.97. The van der Waals surface area contributed by atoms with Crippen LogP contribution in [0.25, 0.3) is 0 Å². The van der Waals surface area contributed by atoms with Gasteiger partial charge in [-0.25, -0.2) is 4.39 Å². The molecule has 0 amide bonds. The topological polar surface area (TPSA) is 17.0 Å². The van der Waals surface area contributed by atoms with E-state index >= 15 is 0 Å². The average Bonchev–Trinajstić information content (AvgIpc) is 2.76. The minimum absolute atomic E-state index is 0.320. The highest BCUT2D eigenvalue weighted by atomic mass is 35.5. The van der Waals surface area contributed by atoms with Gasteiger partial charge in [-0.15, -0.1) is 0 Å². The zero-order chi connectivity index (χ0) is 13.0. The largest absolute Gasteiger partial charge is 0.380 e. The summed E-state index contributed by atoms with van der Waals surface area (Å²) in [6.45, 7) is 3.86. The van der Waals surface area contributed by atoms with Crippen molar-refractivity contribution in [2.45, 2.75) is 26.4 Å². The van der Waals surface area contributed by atoms with E-state index in [9.17, 15) is 4.39 Å². The van der Waals surface area contributed by atoms with E-state index < -0.39 is 0 Å². The molecule has 1 N–H and O–H groups in total. The van der Waals surface area contributed by atoms with E-state index in [4.69, 9.17) is 11.6 Å². The number of hydrogen-bond acceptors (Lipinski definition) is 1. The summed E-state index contributed by atoms with van der Waals surface area (Å²) < 4.78 is 15.0. The van der Waals surface area contributed by atoms with Gasteiger partial charge in [-0.05, 0) is 36.2 Å². The molecule has 0 saturated heterocycles. The molecule has 1 heterocycles. The third kappa shape index (κ3) is 3.26. The Kier molecular flexibility index (Phi) is 4.26. The van der Waals surface area contributed by atoms with Crippen LogP contribution in [0.5, 0.6) is 0 Å². The van der Waals surface area contributed by atoms with Crippen LogP contribution in [0.4, 0.5) is 10.1 Å². The van der Waals surface area contributed by atoms with Crippen LogP contribution in [0.15, 0.2) is 36.7 Å². The Morgan fingerprint density at radius 1 is 1.33 bits per heavy atom. The Bertz CT molecular complexity index is 522. The standard InChI is InChI=1S/C14H16ClFN2/c1-2-6-18-7-5-11(10-18)9-17-14-4-3-12(16)8-13(14)15/h3-5,7-8,10,17H,2,6,9H2,1H3. The van der Waals surface area contributed by atoms with Crippen LogP contribution < -0.4 is 5.32 Å². The van der Waals surface area contributed by atoms with E-state index in [-0.39, 0.29) is 5.82 Å². The highest BCUT2D eigenvalue weighted by Crippen LogP contribution is 2.22. The molecule has 0 aliphatic carbocycles. The molecule has 0 bridgehead atoms. The van der Waals surface area contributed by atoms with Gasteiger partial charge in [0.05, 0.1) is 10.7 Å². The number of nitrogens with zero attached hydrogens (tertiary/aromatic N) is 1. The molecule has 2 aromatic rings.